The highest BCUT2D eigenvalue weighted by atomic mass is 16.5. The zero-order valence-electron chi connectivity index (χ0n) is 10.9. The first-order valence-corrected chi connectivity index (χ1v) is 6.60. The molecule has 0 bridgehead atoms. The summed E-state index contributed by atoms with van der Waals surface area (Å²) < 4.78 is 10.7. The molecular formula is C13H21N3O2. The molecule has 0 radical (unpaired) electrons. The number of nitrogens with zero attached hydrogens (tertiary/aromatic N) is 2. The quantitative estimate of drug-likeness (QED) is 0.786. The molecule has 1 atom stereocenters. The third-order valence-corrected chi connectivity index (χ3v) is 3.13. The fourth-order valence-electron chi connectivity index (χ4n) is 2.13. The van der Waals surface area contributed by atoms with Crippen molar-refractivity contribution in [2.24, 2.45) is 0 Å². The number of nitrogens with one attached hydrogen (secondary N) is 1. The van der Waals surface area contributed by atoms with Crippen molar-refractivity contribution in [1.82, 2.24) is 9.97 Å². The average molecular weight is 251 g/mol. The van der Waals surface area contributed by atoms with Crippen molar-refractivity contribution in [3.05, 3.63) is 12.4 Å². The summed E-state index contributed by atoms with van der Waals surface area (Å²) in [5.41, 5.74) is 0. The number of ether oxygens (including phenoxy) is 2. The molecule has 1 unspecified atom stereocenters. The Hall–Kier alpha value is -1.36. The third-order valence-electron chi connectivity index (χ3n) is 3.13. The SMILES string of the molecule is COc1cc(NCCCC2CCCCO2)ncn1. The van der Waals surface area contributed by atoms with E-state index in [1.54, 1.807) is 13.2 Å². The van der Waals surface area contributed by atoms with E-state index in [-0.39, 0.29) is 0 Å². The average Bonchev–Trinajstić information content (AvgIpc) is 2.45. The van der Waals surface area contributed by atoms with E-state index < -0.39 is 0 Å². The minimum absolute atomic E-state index is 0.459. The Morgan fingerprint density at radius 3 is 3.17 bits per heavy atom. The lowest BCUT2D eigenvalue weighted by atomic mass is 10.0. The van der Waals surface area contributed by atoms with Gasteiger partial charge in [-0.1, -0.05) is 0 Å². The van der Waals surface area contributed by atoms with Crippen LogP contribution in [-0.4, -0.2) is 36.3 Å². The zero-order chi connectivity index (χ0) is 12.6. The molecule has 0 amide bonds. The molecule has 1 N–H and O–H groups in total. The van der Waals surface area contributed by atoms with Gasteiger partial charge in [-0.05, 0) is 32.1 Å². The van der Waals surface area contributed by atoms with E-state index in [0.29, 0.717) is 12.0 Å². The summed E-state index contributed by atoms with van der Waals surface area (Å²) in [4.78, 5) is 8.10. The topological polar surface area (TPSA) is 56.3 Å². The van der Waals surface area contributed by atoms with E-state index in [2.05, 4.69) is 15.3 Å². The Morgan fingerprint density at radius 1 is 1.44 bits per heavy atom. The molecule has 5 nitrogen and oxygen atoms in total. The van der Waals surface area contributed by atoms with Crippen LogP contribution in [0.5, 0.6) is 5.88 Å². The molecule has 1 aromatic heterocycles. The number of hydrogen-bond donors (Lipinski definition) is 1. The van der Waals surface area contributed by atoms with E-state index in [1.165, 1.54) is 25.6 Å². The molecule has 5 heteroatoms. The van der Waals surface area contributed by atoms with Crippen LogP contribution >= 0.6 is 0 Å². The summed E-state index contributed by atoms with van der Waals surface area (Å²) >= 11 is 0. The fourth-order valence-corrected chi connectivity index (χ4v) is 2.13. The van der Waals surface area contributed by atoms with Crippen molar-refractivity contribution in [2.45, 2.75) is 38.2 Å². The lowest BCUT2D eigenvalue weighted by Crippen LogP contribution is -2.19. The zero-order valence-corrected chi connectivity index (χ0v) is 10.9. The van der Waals surface area contributed by atoms with Gasteiger partial charge in [0.1, 0.15) is 12.1 Å². The molecule has 1 aliphatic heterocycles. The van der Waals surface area contributed by atoms with Crippen LogP contribution in [0.15, 0.2) is 12.4 Å². The van der Waals surface area contributed by atoms with Gasteiger partial charge in [0.15, 0.2) is 0 Å². The van der Waals surface area contributed by atoms with Crippen molar-refractivity contribution in [3.8, 4) is 5.88 Å². The second kappa shape index (κ2) is 7.16. The molecule has 1 fully saturated rings. The lowest BCUT2D eigenvalue weighted by Gasteiger charge is -2.22. The Kier molecular flexibility index (Phi) is 5.20. The fraction of sp³-hybridized carbons (Fsp3) is 0.692. The van der Waals surface area contributed by atoms with E-state index in [9.17, 15) is 0 Å². The number of methoxy groups -OCH3 is 1. The maximum atomic E-state index is 5.69. The van der Waals surface area contributed by atoms with Crippen LogP contribution in [-0.2, 0) is 4.74 Å². The smallest absolute Gasteiger partial charge is 0.218 e. The van der Waals surface area contributed by atoms with Gasteiger partial charge in [0.25, 0.3) is 0 Å². The maximum Gasteiger partial charge on any atom is 0.218 e. The molecule has 2 heterocycles. The molecule has 0 saturated carbocycles. The van der Waals surface area contributed by atoms with Crippen LogP contribution in [0.25, 0.3) is 0 Å². The number of aromatic nitrogens is 2. The maximum absolute atomic E-state index is 5.69. The van der Waals surface area contributed by atoms with Crippen LogP contribution in [0.2, 0.25) is 0 Å². The molecule has 2 rings (SSSR count). The van der Waals surface area contributed by atoms with E-state index in [0.717, 1.165) is 31.8 Å². The van der Waals surface area contributed by atoms with Gasteiger partial charge in [-0.25, -0.2) is 9.97 Å². The second-order valence-corrected chi connectivity index (χ2v) is 4.50. The molecule has 0 spiro atoms. The minimum Gasteiger partial charge on any atom is -0.481 e. The Morgan fingerprint density at radius 2 is 2.39 bits per heavy atom. The predicted molar refractivity (Wildman–Crippen MR) is 69.9 cm³/mol. The van der Waals surface area contributed by atoms with Crippen LogP contribution in [0.3, 0.4) is 0 Å². The minimum atomic E-state index is 0.459. The molecule has 1 aliphatic rings. The standard InChI is InChI=1S/C13H21N3O2/c1-17-13-9-12(15-10-16-13)14-7-4-6-11-5-2-3-8-18-11/h9-11H,2-8H2,1H3,(H,14,15,16). The van der Waals surface area contributed by atoms with E-state index in [4.69, 9.17) is 9.47 Å². The first-order valence-electron chi connectivity index (χ1n) is 6.60. The van der Waals surface area contributed by atoms with Gasteiger partial charge < -0.3 is 14.8 Å². The van der Waals surface area contributed by atoms with Crippen LogP contribution < -0.4 is 10.1 Å². The van der Waals surface area contributed by atoms with Crippen molar-refractivity contribution >= 4 is 5.82 Å². The highest BCUT2D eigenvalue weighted by Gasteiger charge is 2.12. The molecule has 18 heavy (non-hydrogen) atoms. The Balaban J connectivity index is 1.65. The highest BCUT2D eigenvalue weighted by molar-refractivity contribution is 5.36. The normalized spacial score (nSPS) is 19.5. The molecule has 100 valence electrons. The van der Waals surface area contributed by atoms with Crippen molar-refractivity contribution in [2.75, 3.05) is 25.6 Å². The number of anilines is 1. The van der Waals surface area contributed by atoms with Gasteiger partial charge in [-0.3, -0.25) is 0 Å². The first-order chi connectivity index (χ1) is 8.88. The van der Waals surface area contributed by atoms with Crippen LogP contribution in [0.1, 0.15) is 32.1 Å². The molecule has 0 aliphatic carbocycles. The molecular weight excluding hydrogens is 230 g/mol. The number of hydrogen-bond acceptors (Lipinski definition) is 5. The summed E-state index contributed by atoms with van der Waals surface area (Å²) in [6.07, 6.45) is 7.91. The lowest BCUT2D eigenvalue weighted by molar-refractivity contribution is 0.0107. The van der Waals surface area contributed by atoms with Crippen LogP contribution in [0, 0.1) is 0 Å². The van der Waals surface area contributed by atoms with E-state index >= 15 is 0 Å². The summed E-state index contributed by atoms with van der Waals surface area (Å²) in [5, 5.41) is 3.27. The predicted octanol–water partition coefficient (Wildman–Crippen LogP) is 2.25. The van der Waals surface area contributed by atoms with Gasteiger partial charge in [0, 0.05) is 19.2 Å². The first kappa shape index (κ1) is 13.1. The van der Waals surface area contributed by atoms with E-state index in [1.807, 2.05) is 0 Å². The third kappa shape index (κ3) is 4.14. The largest absolute Gasteiger partial charge is 0.481 e. The van der Waals surface area contributed by atoms with Crippen molar-refractivity contribution in [3.63, 3.8) is 0 Å². The summed E-state index contributed by atoms with van der Waals surface area (Å²) in [5.74, 6) is 1.40. The van der Waals surface area contributed by atoms with Crippen molar-refractivity contribution < 1.29 is 9.47 Å². The summed E-state index contributed by atoms with van der Waals surface area (Å²) in [7, 11) is 1.60. The van der Waals surface area contributed by atoms with Crippen LogP contribution in [0.4, 0.5) is 5.82 Å². The number of rotatable bonds is 6. The van der Waals surface area contributed by atoms with Gasteiger partial charge in [-0.2, -0.15) is 0 Å². The second-order valence-electron chi connectivity index (χ2n) is 4.50. The van der Waals surface area contributed by atoms with Gasteiger partial charge >= 0.3 is 0 Å². The van der Waals surface area contributed by atoms with Crippen molar-refractivity contribution in [1.29, 1.82) is 0 Å². The Bertz CT molecular complexity index is 354. The van der Waals surface area contributed by atoms with Gasteiger partial charge in [0.05, 0.1) is 13.2 Å². The molecule has 0 aromatic carbocycles. The monoisotopic (exact) mass is 251 g/mol. The Labute approximate surface area is 108 Å². The van der Waals surface area contributed by atoms with Gasteiger partial charge in [-0.15, -0.1) is 0 Å². The molecule has 1 aromatic rings. The highest BCUT2D eigenvalue weighted by Crippen LogP contribution is 2.17. The summed E-state index contributed by atoms with van der Waals surface area (Å²) in [6, 6.07) is 1.80. The van der Waals surface area contributed by atoms with Gasteiger partial charge in [0.2, 0.25) is 5.88 Å². The summed E-state index contributed by atoms with van der Waals surface area (Å²) in [6.45, 7) is 1.83. The molecule has 1 saturated heterocycles.